The van der Waals surface area contributed by atoms with Crippen LogP contribution in [0.15, 0.2) is 46.9 Å². The number of halogens is 2. The molecule has 0 aliphatic carbocycles. The molecule has 0 aliphatic heterocycles. The molecule has 2 aromatic carbocycles. The van der Waals surface area contributed by atoms with Crippen molar-refractivity contribution in [2.24, 2.45) is 0 Å². The van der Waals surface area contributed by atoms with Gasteiger partial charge in [-0.25, -0.2) is 4.39 Å². The molecule has 0 heterocycles. The normalized spacial score (nSPS) is 10.7. The third-order valence-corrected chi connectivity index (χ3v) is 3.53. The predicted octanol–water partition coefficient (Wildman–Crippen LogP) is 4.50. The average molecular weight is 365 g/mol. The molecule has 0 N–H and O–H groups in total. The first-order chi connectivity index (χ1) is 10.5. The Hall–Kier alpha value is -2.14. The monoisotopic (exact) mass is 364 g/mol. The first-order valence-electron chi connectivity index (χ1n) is 6.44. The number of ether oxygens (including phenoxy) is 2. The molecular formula is C17H14BrFO3. The Labute approximate surface area is 136 Å². The molecule has 0 atom stereocenters. The van der Waals surface area contributed by atoms with Gasteiger partial charge in [0.2, 0.25) is 0 Å². The molecule has 0 spiro atoms. The molecule has 22 heavy (non-hydrogen) atoms. The minimum atomic E-state index is -0.389. The van der Waals surface area contributed by atoms with Gasteiger partial charge in [-0.1, -0.05) is 15.9 Å². The van der Waals surface area contributed by atoms with Gasteiger partial charge in [0.05, 0.1) is 14.2 Å². The fourth-order valence-corrected chi connectivity index (χ4v) is 2.27. The number of methoxy groups -OCH3 is 2. The van der Waals surface area contributed by atoms with E-state index in [9.17, 15) is 9.18 Å². The fourth-order valence-electron chi connectivity index (χ4n) is 1.89. The molecule has 0 aromatic heterocycles. The quantitative estimate of drug-likeness (QED) is 0.578. The Morgan fingerprint density at radius 1 is 1.09 bits per heavy atom. The van der Waals surface area contributed by atoms with Crippen LogP contribution >= 0.6 is 15.9 Å². The number of hydrogen-bond donors (Lipinski definition) is 0. The summed E-state index contributed by atoms with van der Waals surface area (Å²) in [5.74, 6) is 0.372. The van der Waals surface area contributed by atoms with Crippen LogP contribution in [0, 0.1) is 5.82 Å². The summed E-state index contributed by atoms with van der Waals surface area (Å²) in [6.45, 7) is 0. The summed E-state index contributed by atoms with van der Waals surface area (Å²) in [7, 11) is 3.02. The van der Waals surface area contributed by atoms with E-state index in [0.717, 1.165) is 4.47 Å². The first-order valence-corrected chi connectivity index (χ1v) is 7.24. The van der Waals surface area contributed by atoms with Crippen LogP contribution in [-0.4, -0.2) is 20.0 Å². The molecule has 0 unspecified atom stereocenters. The van der Waals surface area contributed by atoms with Crippen molar-refractivity contribution < 1.29 is 18.7 Å². The van der Waals surface area contributed by atoms with E-state index in [0.29, 0.717) is 22.6 Å². The Kier molecular flexibility index (Phi) is 5.33. The number of benzene rings is 2. The second kappa shape index (κ2) is 7.22. The van der Waals surface area contributed by atoms with E-state index in [2.05, 4.69) is 15.9 Å². The molecule has 0 fully saturated rings. The van der Waals surface area contributed by atoms with Crippen LogP contribution < -0.4 is 9.47 Å². The van der Waals surface area contributed by atoms with Crippen molar-refractivity contribution >= 4 is 27.8 Å². The summed E-state index contributed by atoms with van der Waals surface area (Å²) in [6.07, 6.45) is 2.77. The average Bonchev–Trinajstić information content (AvgIpc) is 2.54. The lowest BCUT2D eigenvalue weighted by atomic mass is 10.1. The van der Waals surface area contributed by atoms with Gasteiger partial charge in [-0.05, 0) is 48.6 Å². The Balaban J connectivity index is 2.25. The van der Waals surface area contributed by atoms with Gasteiger partial charge in [0.25, 0.3) is 0 Å². The highest BCUT2D eigenvalue weighted by Gasteiger charge is 2.09. The summed E-state index contributed by atoms with van der Waals surface area (Å²) >= 11 is 3.27. The van der Waals surface area contributed by atoms with Gasteiger partial charge in [0.15, 0.2) is 17.3 Å². The second-order valence-corrected chi connectivity index (χ2v) is 5.35. The number of ketones is 1. The lowest BCUT2D eigenvalue weighted by molar-refractivity contribution is 0.104. The number of carbonyl (C=O) groups is 1. The van der Waals surface area contributed by atoms with E-state index in [4.69, 9.17) is 9.47 Å². The summed E-state index contributed by atoms with van der Waals surface area (Å²) in [5.41, 5.74) is 0.771. The summed E-state index contributed by atoms with van der Waals surface area (Å²) < 4.78 is 24.6. The van der Waals surface area contributed by atoms with E-state index in [1.165, 1.54) is 32.4 Å². The highest BCUT2D eigenvalue weighted by Crippen LogP contribution is 2.28. The lowest BCUT2D eigenvalue weighted by Crippen LogP contribution is -1.97. The van der Waals surface area contributed by atoms with Crippen LogP contribution in [0.1, 0.15) is 15.9 Å². The standard InChI is InChI=1S/C17H14BrFO3/c1-21-16-8-4-12(10-17(16)22-2)15(20)7-3-11-9-13(18)5-6-14(11)19/h3-10H,1-2H3. The Morgan fingerprint density at radius 2 is 1.82 bits per heavy atom. The van der Waals surface area contributed by atoms with Crippen LogP contribution in [0.2, 0.25) is 0 Å². The number of carbonyl (C=O) groups excluding carboxylic acids is 1. The van der Waals surface area contributed by atoms with Crippen LogP contribution in [0.5, 0.6) is 11.5 Å². The van der Waals surface area contributed by atoms with Crippen molar-refractivity contribution in [3.63, 3.8) is 0 Å². The third kappa shape index (κ3) is 3.74. The smallest absolute Gasteiger partial charge is 0.185 e. The van der Waals surface area contributed by atoms with Gasteiger partial charge in [-0.3, -0.25) is 4.79 Å². The van der Waals surface area contributed by atoms with Crippen LogP contribution in [0.25, 0.3) is 6.08 Å². The maximum Gasteiger partial charge on any atom is 0.185 e. The van der Waals surface area contributed by atoms with Crippen molar-refractivity contribution in [3.8, 4) is 11.5 Å². The highest BCUT2D eigenvalue weighted by molar-refractivity contribution is 9.10. The van der Waals surface area contributed by atoms with Gasteiger partial charge in [0, 0.05) is 15.6 Å². The molecule has 0 saturated heterocycles. The summed E-state index contributed by atoms with van der Waals surface area (Å²) in [6, 6.07) is 9.41. The lowest BCUT2D eigenvalue weighted by Gasteiger charge is -2.08. The zero-order chi connectivity index (χ0) is 16.1. The van der Waals surface area contributed by atoms with Crippen molar-refractivity contribution in [2.75, 3.05) is 14.2 Å². The molecule has 0 aliphatic rings. The maximum atomic E-state index is 13.6. The van der Waals surface area contributed by atoms with Gasteiger partial charge in [0.1, 0.15) is 5.82 Å². The van der Waals surface area contributed by atoms with Crippen molar-refractivity contribution in [2.45, 2.75) is 0 Å². The minimum absolute atomic E-state index is 0.250. The van der Waals surface area contributed by atoms with Crippen LogP contribution in [0.4, 0.5) is 4.39 Å². The molecular weight excluding hydrogens is 351 g/mol. The van der Waals surface area contributed by atoms with Crippen molar-refractivity contribution in [3.05, 3.63) is 63.9 Å². The van der Waals surface area contributed by atoms with E-state index < -0.39 is 0 Å². The molecule has 0 amide bonds. The molecule has 3 nitrogen and oxygen atoms in total. The topological polar surface area (TPSA) is 35.5 Å². The molecule has 0 bridgehead atoms. The number of rotatable bonds is 5. The molecule has 114 valence electrons. The summed E-state index contributed by atoms with van der Waals surface area (Å²) in [4.78, 5) is 12.2. The second-order valence-electron chi connectivity index (χ2n) is 4.43. The molecule has 0 saturated carbocycles. The largest absolute Gasteiger partial charge is 0.493 e. The third-order valence-electron chi connectivity index (χ3n) is 3.04. The Morgan fingerprint density at radius 3 is 2.50 bits per heavy atom. The zero-order valence-electron chi connectivity index (χ0n) is 12.1. The van der Waals surface area contributed by atoms with E-state index in [1.807, 2.05) is 0 Å². The summed E-state index contributed by atoms with van der Waals surface area (Å²) in [5, 5.41) is 0. The number of allylic oxidation sites excluding steroid dienone is 1. The van der Waals surface area contributed by atoms with Gasteiger partial charge >= 0.3 is 0 Å². The van der Waals surface area contributed by atoms with Crippen molar-refractivity contribution in [1.29, 1.82) is 0 Å². The molecule has 2 rings (SSSR count). The van der Waals surface area contributed by atoms with Gasteiger partial charge < -0.3 is 9.47 Å². The van der Waals surface area contributed by atoms with E-state index in [1.54, 1.807) is 30.3 Å². The van der Waals surface area contributed by atoms with E-state index >= 15 is 0 Å². The predicted molar refractivity (Wildman–Crippen MR) is 87.0 cm³/mol. The van der Waals surface area contributed by atoms with Gasteiger partial charge in [-0.2, -0.15) is 0 Å². The first kappa shape index (κ1) is 16.2. The van der Waals surface area contributed by atoms with Crippen LogP contribution in [0.3, 0.4) is 0 Å². The van der Waals surface area contributed by atoms with Crippen LogP contribution in [-0.2, 0) is 0 Å². The zero-order valence-corrected chi connectivity index (χ0v) is 13.7. The molecule has 0 radical (unpaired) electrons. The minimum Gasteiger partial charge on any atom is -0.493 e. The highest BCUT2D eigenvalue weighted by atomic mass is 79.9. The molecule has 5 heteroatoms. The van der Waals surface area contributed by atoms with E-state index in [-0.39, 0.29) is 11.6 Å². The maximum absolute atomic E-state index is 13.6. The fraction of sp³-hybridized carbons (Fsp3) is 0.118. The Bertz CT molecular complexity index is 726. The number of hydrogen-bond acceptors (Lipinski definition) is 3. The SMILES string of the molecule is COc1ccc(C(=O)C=Cc2cc(Br)ccc2F)cc1OC. The van der Waals surface area contributed by atoms with Crippen molar-refractivity contribution in [1.82, 2.24) is 0 Å². The molecule has 2 aromatic rings. The van der Waals surface area contributed by atoms with Gasteiger partial charge in [-0.15, -0.1) is 0 Å².